The van der Waals surface area contributed by atoms with Gasteiger partial charge in [-0.2, -0.15) is 0 Å². The zero-order chi connectivity index (χ0) is 66.5. The molecule has 0 aliphatic heterocycles. The van der Waals surface area contributed by atoms with E-state index >= 15 is 0 Å². The molecule has 2 unspecified atom stereocenters. The number of unbranched alkanes of at least 4 members (excludes halogenated alkanes) is 40. The summed E-state index contributed by atoms with van der Waals surface area (Å²) in [5, 5.41) is 10.6. The number of esters is 4. The first-order chi connectivity index (χ1) is 43.4. The van der Waals surface area contributed by atoms with Gasteiger partial charge in [0.15, 0.2) is 12.2 Å². The van der Waals surface area contributed by atoms with E-state index in [1.807, 2.05) is 0 Å². The number of rotatable bonds is 70. The molecule has 0 radical (unpaired) electrons. The number of carbonyl (C=O) groups is 4. The number of aliphatic hydroxyl groups is 1. The molecule has 3 N–H and O–H groups in total. The van der Waals surface area contributed by atoms with Crippen LogP contribution in [0, 0.1) is 11.8 Å². The first kappa shape index (κ1) is 88.1. The van der Waals surface area contributed by atoms with Crippen molar-refractivity contribution in [3.63, 3.8) is 0 Å². The molecule has 0 spiro atoms. The molecular weight excluding hydrogens is 1190 g/mol. The van der Waals surface area contributed by atoms with Gasteiger partial charge in [0.05, 0.1) is 26.4 Å². The molecule has 19 heteroatoms. The lowest BCUT2D eigenvalue weighted by atomic mass is 10.0. The summed E-state index contributed by atoms with van der Waals surface area (Å²) in [6.07, 6.45) is 48.4. The van der Waals surface area contributed by atoms with Gasteiger partial charge in [-0.15, -0.1) is 0 Å². The van der Waals surface area contributed by atoms with Gasteiger partial charge in [0, 0.05) is 25.7 Å². The maximum Gasteiger partial charge on any atom is 0.472 e. The van der Waals surface area contributed by atoms with Crippen LogP contribution in [0.25, 0.3) is 0 Å². The largest absolute Gasteiger partial charge is 0.472 e. The molecule has 0 aromatic carbocycles. The van der Waals surface area contributed by atoms with Crippen molar-refractivity contribution in [3.8, 4) is 0 Å². The van der Waals surface area contributed by atoms with Crippen molar-refractivity contribution in [3.05, 3.63) is 0 Å². The van der Waals surface area contributed by atoms with Crippen LogP contribution >= 0.6 is 15.6 Å². The summed E-state index contributed by atoms with van der Waals surface area (Å²) in [5.41, 5.74) is 0. The lowest BCUT2D eigenvalue weighted by molar-refractivity contribution is -0.161. The lowest BCUT2D eigenvalue weighted by Gasteiger charge is -2.21. The smallest absolute Gasteiger partial charge is 0.462 e. The highest BCUT2D eigenvalue weighted by molar-refractivity contribution is 7.47. The van der Waals surface area contributed by atoms with Gasteiger partial charge in [0.2, 0.25) is 0 Å². The van der Waals surface area contributed by atoms with Gasteiger partial charge in [-0.1, -0.05) is 311 Å². The zero-order valence-electron chi connectivity index (χ0n) is 58.4. The predicted molar refractivity (Wildman–Crippen MR) is 363 cm³/mol. The second-order valence-electron chi connectivity index (χ2n) is 26.6. The molecule has 0 aromatic rings. The normalized spacial score (nSPS) is 14.1. The number of phosphoric acid groups is 2. The number of aliphatic hydroxyl groups excluding tert-OH is 1. The highest BCUT2D eigenvalue weighted by atomic mass is 31.2. The van der Waals surface area contributed by atoms with E-state index in [2.05, 4.69) is 41.5 Å². The van der Waals surface area contributed by atoms with Crippen molar-refractivity contribution in [1.82, 2.24) is 0 Å². The Balaban J connectivity index is 5.23. The van der Waals surface area contributed by atoms with E-state index in [9.17, 15) is 43.2 Å². The van der Waals surface area contributed by atoms with Crippen molar-refractivity contribution in [1.29, 1.82) is 0 Å². The summed E-state index contributed by atoms with van der Waals surface area (Å²) in [6.45, 7) is 9.56. The molecule has 0 saturated carbocycles. The zero-order valence-corrected chi connectivity index (χ0v) is 60.2. The summed E-state index contributed by atoms with van der Waals surface area (Å²) in [7, 11) is -9.90. The second kappa shape index (κ2) is 63.1. The van der Waals surface area contributed by atoms with Crippen LogP contribution in [-0.2, 0) is 65.4 Å². The van der Waals surface area contributed by atoms with Gasteiger partial charge in [0.1, 0.15) is 19.3 Å². The minimum absolute atomic E-state index is 0.107. The van der Waals surface area contributed by atoms with Gasteiger partial charge < -0.3 is 33.8 Å². The minimum atomic E-state index is -4.95. The Morgan fingerprint density at radius 3 is 0.756 bits per heavy atom. The van der Waals surface area contributed by atoms with E-state index in [-0.39, 0.29) is 25.7 Å². The van der Waals surface area contributed by atoms with Crippen molar-refractivity contribution in [2.24, 2.45) is 11.8 Å². The van der Waals surface area contributed by atoms with Gasteiger partial charge >= 0.3 is 39.5 Å². The molecule has 17 nitrogen and oxygen atoms in total. The third-order valence-corrected chi connectivity index (χ3v) is 18.4. The number of hydrogen-bond acceptors (Lipinski definition) is 15. The molecule has 0 bridgehead atoms. The van der Waals surface area contributed by atoms with E-state index in [4.69, 9.17) is 37.0 Å². The Morgan fingerprint density at radius 2 is 0.511 bits per heavy atom. The molecule has 0 aliphatic carbocycles. The molecule has 0 rings (SSSR count). The number of carbonyl (C=O) groups excluding carboxylic acids is 4. The molecular formula is C71H138O17P2. The summed E-state index contributed by atoms with van der Waals surface area (Å²) < 4.78 is 68.3. The highest BCUT2D eigenvalue weighted by Crippen LogP contribution is 2.45. The fourth-order valence-electron chi connectivity index (χ4n) is 10.8. The first-order valence-electron chi connectivity index (χ1n) is 37.0. The molecule has 0 aliphatic rings. The Morgan fingerprint density at radius 1 is 0.300 bits per heavy atom. The maximum absolute atomic E-state index is 13.0. The second-order valence-corrected chi connectivity index (χ2v) is 29.5. The number of phosphoric ester groups is 2. The molecule has 0 saturated heterocycles. The van der Waals surface area contributed by atoms with Gasteiger partial charge in [-0.3, -0.25) is 37.3 Å². The van der Waals surface area contributed by atoms with Crippen LogP contribution in [0.1, 0.15) is 363 Å². The average molecular weight is 1330 g/mol. The van der Waals surface area contributed by atoms with Crippen LogP contribution in [0.5, 0.6) is 0 Å². The van der Waals surface area contributed by atoms with Crippen LogP contribution < -0.4 is 0 Å². The third-order valence-electron chi connectivity index (χ3n) is 16.5. The van der Waals surface area contributed by atoms with Crippen LogP contribution in [0.15, 0.2) is 0 Å². The monoisotopic (exact) mass is 1320 g/mol. The van der Waals surface area contributed by atoms with Gasteiger partial charge in [-0.05, 0) is 37.5 Å². The predicted octanol–water partition coefficient (Wildman–Crippen LogP) is 20.4. The first-order valence-corrected chi connectivity index (χ1v) is 40.0. The molecule has 5 atom stereocenters. The molecule has 90 heavy (non-hydrogen) atoms. The van der Waals surface area contributed by atoms with E-state index < -0.39 is 97.5 Å². The van der Waals surface area contributed by atoms with E-state index in [1.165, 1.54) is 180 Å². The summed E-state index contributed by atoms with van der Waals surface area (Å²) in [4.78, 5) is 72.5. The number of hydrogen-bond donors (Lipinski definition) is 3. The van der Waals surface area contributed by atoms with Gasteiger partial charge in [0.25, 0.3) is 0 Å². The van der Waals surface area contributed by atoms with E-state index in [1.54, 1.807) is 0 Å². The fraction of sp³-hybridized carbons (Fsp3) is 0.944. The lowest BCUT2D eigenvalue weighted by Crippen LogP contribution is -2.30. The topological polar surface area (TPSA) is 237 Å². The van der Waals surface area contributed by atoms with Crippen LogP contribution in [0.3, 0.4) is 0 Å². The Hall–Kier alpha value is -1.94. The molecule has 0 fully saturated rings. The summed E-state index contributed by atoms with van der Waals surface area (Å²) in [5.74, 6) is -0.565. The SMILES string of the molecule is CCCCCCCCCCCCCC(=O)O[C@H](COC(=O)CCCCCCCCCCC)COP(=O)(O)OC[C@H](O)COP(=O)(O)OC[C@@H](COC(=O)CCCCCCCCCCCCCC(C)C)OC(=O)CCCCCCCCCCCCCCCC(C)C. The van der Waals surface area contributed by atoms with Gasteiger partial charge in [-0.25, -0.2) is 9.13 Å². The van der Waals surface area contributed by atoms with Crippen molar-refractivity contribution in [2.75, 3.05) is 39.6 Å². The Labute approximate surface area is 549 Å². The molecule has 0 heterocycles. The van der Waals surface area contributed by atoms with Crippen LogP contribution in [0.4, 0.5) is 0 Å². The van der Waals surface area contributed by atoms with Crippen molar-refractivity contribution >= 4 is 39.5 Å². The molecule has 534 valence electrons. The minimum Gasteiger partial charge on any atom is -0.462 e. The van der Waals surface area contributed by atoms with E-state index in [0.29, 0.717) is 25.7 Å². The van der Waals surface area contributed by atoms with Crippen LogP contribution in [0.2, 0.25) is 0 Å². The Kier molecular flexibility index (Phi) is 61.8. The number of ether oxygens (including phenoxy) is 4. The Bertz CT molecular complexity index is 1750. The summed E-state index contributed by atoms with van der Waals surface area (Å²) in [6, 6.07) is 0. The average Bonchev–Trinajstić information content (AvgIpc) is 3.71. The maximum atomic E-state index is 13.0. The third kappa shape index (κ3) is 64.8. The highest BCUT2D eigenvalue weighted by Gasteiger charge is 2.30. The van der Waals surface area contributed by atoms with Crippen LogP contribution in [-0.4, -0.2) is 96.7 Å². The summed E-state index contributed by atoms with van der Waals surface area (Å²) >= 11 is 0. The molecule has 0 aromatic heterocycles. The van der Waals surface area contributed by atoms with E-state index in [0.717, 1.165) is 102 Å². The fourth-order valence-corrected chi connectivity index (χ4v) is 12.3. The quantitative estimate of drug-likeness (QED) is 0.0222. The standard InChI is InChI=1S/C71H138O17P2/c1-7-9-11-13-15-17-22-31-37-43-49-55-70(75)87-66(59-81-68(73)53-47-41-35-27-16-14-12-10-8-2)61-85-89(77,78)83-57-65(72)58-84-90(79,80)86-62-67(60-82-69(74)54-48-42-36-30-26-21-24-29-34-40-46-52-64(5)6)88-71(76)56-50-44-38-32-25-20-18-19-23-28-33-39-45-51-63(3)4/h63-67,72H,7-62H2,1-6H3,(H,77,78)(H,79,80)/t65-,66+,67+/m0/s1. The molecule has 0 amide bonds. The van der Waals surface area contributed by atoms with Crippen molar-refractivity contribution in [2.45, 2.75) is 381 Å². The van der Waals surface area contributed by atoms with Crippen molar-refractivity contribution < 1.29 is 80.2 Å².